The Bertz CT molecular complexity index is 372. The zero-order valence-corrected chi connectivity index (χ0v) is 11.5. The van der Waals surface area contributed by atoms with Gasteiger partial charge in [0.2, 0.25) is 0 Å². The first-order valence-corrected chi connectivity index (χ1v) is 7.10. The second kappa shape index (κ2) is 7.19. The number of hydrogen-bond acceptors (Lipinski definition) is 3. The van der Waals surface area contributed by atoms with Crippen LogP contribution in [0.4, 0.5) is 4.79 Å². The number of hydrogen-bond donors (Lipinski definition) is 2. The summed E-state index contributed by atoms with van der Waals surface area (Å²) in [6, 6.07) is 3.91. The number of rotatable bonds is 5. The van der Waals surface area contributed by atoms with Gasteiger partial charge in [0.25, 0.3) is 0 Å². The molecule has 0 saturated carbocycles. The molecule has 2 rings (SSSR count). The van der Waals surface area contributed by atoms with Gasteiger partial charge in [-0.15, -0.1) is 0 Å². The van der Waals surface area contributed by atoms with Crippen LogP contribution in [0.2, 0.25) is 0 Å². The van der Waals surface area contributed by atoms with Crippen LogP contribution in [0.3, 0.4) is 0 Å². The molecule has 0 aromatic carbocycles. The van der Waals surface area contributed by atoms with Crippen LogP contribution in [0.1, 0.15) is 38.0 Å². The molecule has 1 aliphatic rings. The minimum atomic E-state index is -0.115. The molecule has 1 aromatic rings. The topological polar surface area (TPSA) is 57.5 Å². The maximum atomic E-state index is 11.5. The molecule has 2 heterocycles. The summed E-state index contributed by atoms with van der Waals surface area (Å²) in [6.07, 6.45) is 5.43. The van der Waals surface area contributed by atoms with E-state index in [1.165, 1.54) is 19.3 Å². The Balaban J connectivity index is 1.96. The van der Waals surface area contributed by atoms with E-state index in [0.29, 0.717) is 13.1 Å². The van der Waals surface area contributed by atoms with Crippen LogP contribution in [0, 0.1) is 0 Å². The molecule has 0 aliphatic carbocycles. The van der Waals surface area contributed by atoms with Crippen LogP contribution in [-0.4, -0.2) is 37.1 Å². The molecule has 0 unspecified atom stereocenters. The number of piperidine rings is 1. The highest BCUT2D eigenvalue weighted by atomic mass is 16.3. The number of nitrogens with one attached hydrogen (secondary N) is 2. The third-order valence-electron chi connectivity index (χ3n) is 3.50. The third kappa shape index (κ3) is 3.99. The minimum Gasteiger partial charge on any atom is -0.468 e. The number of amides is 2. The van der Waals surface area contributed by atoms with Crippen molar-refractivity contribution < 1.29 is 9.21 Å². The van der Waals surface area contributed by atoms with Crippen molar-refractivity contribution in [3.05, 3.63) is 24.2 Å². The first-order chi connectivity index (χ1) is 9.31. The lowest BCUT2D eigenvalue weighted by molar-refractivity contribution is 0.143. The van der Waals surface area contributed by atoms with Crippen LogP contribution >= 0.6 is 0 Å². The Morgan fingerprint density at radius 1 is 1.37 bits per heavy atom. The number of carbonyl (C=O) groups excluding carboxylic acids is 1. The number of urea groups is 1. The lowest BCUT2D eigenvalue weighted by Gasteiger charge is -2.33. The van der Waals surface area contributed by atoms with Crippen molar-refractivity contribution in [2.45, 2.75) is 32.2 Å². The molecule has 0 spiro atoms. The molecule has 0 radical (unpaired) electrons. The van der Waals surface area contributed by atoms with Crippen molar-refractivity contribution >= 4 is 6.03 Å². The second-order valence-corrected chi connectivity index (χ2v) is 4.87. The van der Waals surface area contributed by atoms with Gasteiger partial charge in [0, 0.05) is 13.1 Å². The van der Waals surface area contributed by atoms with Crippen molar-refractivity contribution in [3.63, 3.8) is 0 Å². The maximum absolute atomic E-state index is 11.5. The summed E-state index contributed by atoms with van der Waals surface area (Å²) in [6.45, 7) is 5.28. The second-order valence-electron chi connectivity index (χ2n) is 4.87. The Labute approximate surface area is 114 Å². The van der Waals surface area contributed by atoms with E-state index in [-0.39, 0.29) is 12.1 Å². The first-order valence-electron chi connectivity index (χ1n) is 7.10. The summed E-state index contributed by atoms with van der Waals surface area (Å²) >= 11 is 0. The van der Waals surface area contributed by atoms with Gasteiger partial charge in [0.1, 0.15) is 5.76 Å². The first kappa shape index (κ1) is 13.9. The monoisotopic (exact) mass is 265 g/mol. The standard InChI is InChI=1S/C14H23N3O2/c1-2-15-14(18)16-11-12(13-7-6-10-19-13)17-8-4-3-5-9-17/h6-7,10,12H,2-5,8-9,11H2,1H3,(H2,15,16,18)/t12-/m1/s1. The van der Waals surface area contributed by atoms with Crippen molar-refractivity contribution in [1.82, 2.24) is 15.5 Å². The van der Waals surface area contributed by atoms with Crippen LogP contribution in [0.15, 0.2) is 22.8 Å². The molecule has 1 atom stereocenters. The van der Waals surface area contributed by atoms with Crippen molar-refractivity contribution in [2.24, 2.45) is 0 Å². The predicted octanol–water partition coefficient (Wildman–Crippen LogP) is 2.13. The van der Waals surface area contributed by atoms with E-state index in [1.54, 1.807) is 6.26 Å². The normalized spacial score (nSPS) is 17.9. The predicted molar refractivity (Wildman–Crippen MR) is 73.9 cm³/mol. The average molecular weight is 265 g/mol. The summed E-state index contributed by atoms with van der Waals surface area (Å²) in [5.74, 6) is 0.929. The summed E-state index contributed by atoms with van der Waals surface area (Å²) in [5, 5.41) is 5.67. The molecule has 19 heavy (non-hydrogen) atoms. The number of nitrogens with zero attached hydrogens (tertiary/aromatic N) is 1. The van der Waals surface area contributed by atoms with Gasteiger partial charge < -0.3 is 15.1 Å². The van der Waals surface area contributed by atoms with Crippen molar-refractivity contribution in [3.8, 4) is 0 Å². The fourth-order valence-electron chi connectivity index (χ4n) is 2.53. The van der Waals surface area contributed by atoms with Crippen LogP contribution in [0.5, 0.6) is 0 Å². The molecule has 5 heteroatoms. The van der Waals surface area contributed by atoms with Gasteiger partial charge in [-0.2, -0.15) is 0 Å². The Morgan fingerprint density at radius 2 is 2.16 bits per heavy atom. The van der Waals surface area contributed by atoms with Crippen molar-refractivity contribution in [2.75, 3.05) is 26.2 Å². The van der Waals surface area contributed by atoms with E-state index < -0.39 is 0 Å². The lowest BCUT2D eigenvalue weighted by Crippen LogP contribution is -2.43. The summed E-state index contributed by atoms with van der Waals surface area (Å²) in [7, 11) is 0. The molecule has 0 bridgehead atoms. The van der Waals surface area contributed by atoms with E-state index in [1.807, 2.05) is 19.1 Å². The van der Waals surface area contributed by atoms with Crippen LogP contribution < -0.4 is 10.6 Å². The Kier molecular flexibility index (Phi) is 5.27. The third-order valence-corrected chi connectivity index (χ3v) is 3.50. The van der Waals surface area contributed by atoms with E-state index >= 15 is 0 Å². The maximum Gasteiger partial charge on any atom is 0.314 e. The highest BCUT2D eigenvalue weighted by Crippen LogP contribution is 2.24. The Morgan fingerprint density at radius 3 is 2.79 bits per heavy atom. The van der Waals surface area contributed by atoms with Crippen LogP contribution in [-0.2, 0) is 0 Å². The SMILES string of the molecule is CCNC(=O)NC[C@H](c1ccco1)N1CCCCC1. The highest BCUT2D eigenvalue weighted by Gasteiger charge is 2.24. The molecule has 2 amide bonds. The molecule has 1 saturated heterocycles. The zero-order chi connectivity index (χ0) is 13.5. The minimum absolute atomic E-state index is 0.115. The fourth-order valence-corrected chi connectivity index (χ4v) is 2.53. The molecule has 1 aliphatic heterocycles. The van der Waals surface area contributed by atoms with Gasteiger partial charge in [-0.25, -0.2) is 4.79 Å². The number of furan rings is 1. The molecule has 5 nitrogen and oxygen atoms in total. The molecule has 2 N–H and O–H groups in total. The van der Waals surface area contributed by atoms with Gasteiger partial charge in [-0.05, 0) is 45.0 Å². The fraction of sp³-hybridized carbons (Fsp3) is 0.643. The van der Waals surface area contributed by atoms with E-state index in [4.69, 9.17) is 4.42 Å². The molecular weight excluding hydrogens is 242 g/mol. The Hall–Kier alpha value is -1.49. The number of likely N-dealkylation sites (tertiary alicyclic amines) is 1. The highest BCUT2D eigenvalue weighted by molar-refractivity contribution is 5.73. The zero-order valence-electron chi connectivity index (χ0n) is 11.5. The van der Waals surface area contributed by atoms with Gasteiger partial charge in [0.05, 0.1) is 12.3 Å². The van der Waals surface area contributed by atoms with Gasteiger partial charge in [0.15, 0.2) is 0 Å². The quantitative estimate of drug-likeness (QED) is 0.857. The average Bonchev–Trinajstić information content (AvgIpc) is 2.94. The number of carbonyl (C=O) groups is 1. The lowest BCUT2D eigenvalue weighted by atomic mass is 10.1. The summed E-state index contributed by atoms with van der Waals surface area (Å²) in [4.78, 5) is 13.9. The molecule has 106 valence electrons. The summed E-state index contributed by atoms with van der Waals surface area (Å²) in [5.41, 5.74) is 0. The molecular formula is C14H23N3O2. The van der Waals surface area contributed by atoms with Gasteiger partial charge in [-0.3, -0.25) is 4.90 Å². The smallest absolute Gasteiger partial charge is 0.314 e. The van der Waals surface area contributed by atoms with Gasteiger partial charge in [-0.1, -0.05) is 6.42 Å². The summed E-state index contributed by atoms with van der Waals surface area (Å²) < 4.78 is 5.53. The van der Waals surface area contributed by atoms with Crippen LogP contribution in [0.25, 0.3) is 0 Å². The van der Waals surface area contributed by atoms with E-state index in [0.717, 1.165) is 18.8 Å². The molecule has 1 fully saturated rings. The largest absolute Gasteiger partial charge is 0.468 e. The van der Waals surface area contributed by atoms with E-state index in [9.17, 15) is 4.79 Å². The molecule has 1 aromatic heterocycles. The van der Waals surface area contributed by atoms with E-state index in [2.05, 4.69) is 15.5 Å². The van der Waals surface area contributed by atoms with Crippen molar-refractivity contribution in [1.29, 1.82) is 0 Å². The van der Waals surface area contributed by atoms with Gasteiger partial charge >= 0.3 is 6.03 Å².